The zero-order chi connectivity index (χ0) is 14.5. The molecule has 0 spiro atoms. The summed E-state index contributed by atoms with van der Waals surface area (Å²) in [5.74, 6) is 2.01. The van der Waals surface area contributed by atoms with Crippen molar-refractivity contribution in [1.29, 1.82) is 0 Å². The first kappa shape index (κ1) is 15.7. The van der Waals surface area contributed by atoms with Crippen LogP contribution in [0.25, 0.3) is 0 Å². The Balaban J connectivity index is 3.11. The molecular formula is C14H26N4O. The van der Waals surface area contributed by atoms with Gasteiger partial charge in [0, 0.05) is 12.0 Å². The molecule has 0 saturated heterocycles. The first-order valence-corrected chi connectivity index (χ1v) is 7.03. The van der Waals surface area contributed by atoms with E-state index in [0.717, 1.165) is 42.9 Å². The molecule has 0 aliphatic carbocycles. The van der Waals surface area contributed by atoms with Crippen LogP contribution in [0.2, 0.25) is 0 Å². The van der Waals surface area contributed by atoms with Crippen LogP contribution in [0, 0.1) is 6.92 Å². The van der Waals surface area contributed by atoms with Crippen molar-refractivity contribution in [3.63, 3.8) is 0 Å². The van der Waals surface area contributed by atoms with E-state index in [-0.39, 0.29) is 12.1 Å². The van der Waals surface area contributed by atoms with Gasteiger partial charge in [0.05, 0.1) is 12.1 Å². The minimum absolute atomic E-state index is 0.0759. The average molecular weight is 266 g/mol. The molecule has 0 aliphatic heterocycles. The van der Waals surface area contributed by atoms with Gasteiger partial charge in [0.15, 0.2) is 0 Å². The molecule has 1 aromatic heterocycles. The summed E-state index contributed by atoms with van der Waals surface area (Å²) < 4.78 is 0. The molecular weight excluding hydrogens is 240 g/mol. The lowest BCUT2D eigenvalue weighted by atomic mass is 9.93. The number of aliphatic hydroxyl groups excluding tert-OH is 1. The summed E-state index contributed by atoms with van der Waals surface area (Å²) in [6.07, 6.45) is 3.44. The second kappa shape index (κ2) is 6.70. The van der Waals surface area contributed by atoms with Crippen molar-refractivity contribution >= 4 is 11.6 Å². The number of aliphatic hydroxyl groups is 1. The average Bonchev–Trinajstić information content (AvgIpc) is 2.42. The Bertz CT molecular complexity index is 408. The summed E-state index contributed by atoms with van der Waals surface area (Å²) in [4.78, 5) is 8.83. The van der Waals surface area contributed by atoms with Gasteiger partial charge in [0.2, 0.25) is 0 Å². The number of hydrogen-bond acceptors (Lipinski definition) is 5. The van der Waals surface area contributed by atoms with Gasteiger partial charge < -0.3 is 16.2 Å². The third-order valence-corrected chi connectivity index (χ3v) is 3.74. The van der Waals surface area contributed by atoms with E-state index < -0.39 is 0 Å². The van der Waals surface area contributed by atoms with E-state index in [4.69, 9.17) is 5.73 Å². The summed E-state index contributed by atoms with van der Waals surface area (Å²) in [6, 6.07) is 0. The lowest BCUT2D eigenvalue weighted by Crippen LogP contribution is -2.41. The zero-order valence-corrected chi connectivity index (χ0v) is 12.5. The highest BCUT2D eigenvalue weighted by Gasteiger charge is 2.26. The molecule has 0 bridgehead atoms. The highest BCUT2D eigenvalue weighted by molar-refractivity contribution is 5.56. The summed E-state index contributed by atoms with van der Waals surface area (Å²) in [6.45, 7) is 8.18. The monoisotopic (exact) mass is 266 g/mol. The van der Waals surface area contributed by atoms with E-state index in [1.165, 1.54) is 0 Å². The number of anilines is 2. The topological polar surface area (TPSA) is 84.1 Å². The summed E-state index contributed by atoms with van der Waals surface area (Å²) >= 11 is 0. The largest absolute Gasteiger partial charge is 0.394 e. The van der Waals surface area contributed by atoms with Crippen LogP contribution >= 0.6 is 0 Å². The molecule has 0 radical (unpaired) electrons. The predicted molar refractivity (Wildman–Crippen MR) is 79.2 cm³/mol. The van der Waals surface area contributed by atoms with Gasteiger partial charge in [-0.25, -0.2) is 9.97 Å². The normalized spacial score (nSPS) is 11.6. The SMILES string of the molecule is CCCc1nc(N)c(C)c(NC(CC)(CC)CO)n1. The van der Waals surface area contributed by atoms with Gasteiger partial charge in [-0.1, -0.05) is 20.8 Å². The van der Waals surface area contributed by atoms with E-state index in [1.54, 1.807) is 0 Å². The number of nitrogens with one attached hydrogen (secondary N) is 1. The Labute approximate surface area is 115 Å². The highest BCUT2D eigenvalue weighted by atomic mass is 16.3. The molecule has 1 heterocycles. The molecule has 5 nitrogen and oxygen atoms in total. The highest BCUT2D eigenvalue weighted by Crippen LogP contribution is 2.25. The number of hydrogen-bond donors (Lipinski definition) is 3. The van der Waals surface area contributed by atoms with Crippen LogP contribution in [0.4, 0.5) is 11.6 Å². The molecule has 0 saturated carbocycles. The molecule has 1 rings (SSSR count). The van der Waals surface area contributed by atoms with E-state index in [9.17, 15) is 5.11 Å². The van der Waals surface area contributed by atoms with E-state index in [2.05, 4.69) is 36.1 Å². The van der Waals surface area contributed by atoms with Gasteiger partial charge in [-0.05, 0) is 26.2 Å². The smallest absolute Gasteiger partial charge is 0.135 e. The van der Waals surface area contributed by atoms with Crippen molar-refractivity contribution in [2.24, 2.45) is 0 Å². The first-order valence-electron chi connectivity index (χ1n) is 7.03. The van der Waals surface area contributed by atoms with Crippen molar-refractivity contribution in [2.45, 2.75) is 58.9 Å². The number of nitrogen functional groups attached to an aromatic ring is 1. The van der Waals surface area contributed by atoms with E-state index >= 15 is 0 Å². The van der Waals surface area contributed by atoms with Crippen molar-refractivity contribution in [1.82, 2.24) is 9.97 Å². The Hall–Kier alpha value is -1.36. The second-order valence-corrected chi connectivity index (χ2v) is 5.02. The minimum Gasteiger partial charge on any atom is -0.394 e. The fourth-order valence-corrected chi connectivity index (χ4v) is 1.98. The van der Waals surface area contributed by atoms with Gasteiger partial charge in [0.25, 0.3) is 0 Å². The maximum atomic E-state index is 9.63. The summed E-state index contributed by atoms with van der Waals surface area (Å²) in [5.41, 5.74) is 6.45. The van der Waals surface area contributed by atoms with Crippen LogP contribution in [0.3, 0.4) is 0 Å². The van der Waals surface area contributed by atoms with E-state index in [1.807, 2.05) is 6.92 Å². The first-order chi connectivity index (χ1) is 9.01. The van der Waals surface area contributed by atoms with Gasteiger partial charge in [-0.2, -0.15) is 0 Å². The molecule has 0 unspecified atom stereocenters. The van der Waals surface area contributed by atoms with Gasteiger partial charge >= 0.3 is 0 Å². The Morgan fingerprint density at radius 2 is 1.84 bits per heavy atom. The Morgan fingerprint density at radius 1 is 1.21 bits per heavy atom. The molecule has 4 N–H and O–H groups in total. The molecule has 0 fully saturated rings. The Kier molecular flexibility index (Phi) is 5.54. The number of nitrogens with two attached hydrogens (primary N) is 1. The molecule has 0 amide bonds. The molecule has 5 heteroatoms. The number of aryl methyl sites for hydroxylation is 1. The molecule has 0 aliphatic rings. The molecule has 1 aromatic rings. The molecule has 0 atom stereocenters. The van der Waals surface area contributed by atoms with Crippen LogP contribution in [0.15, 0.2) is 0 Å². The Morgan fingerprint density at radius 3 is 2.32 bits per heavy atom. The van der Waals surface area contributed by atoms with Gasteiger partial charge in [-0.3, -0.25) is 0 Å². The van der Waals surface area contributed by atoms with Crippen LogP contribution in [-0.4, -0.2) is 27.2 Å². The fraction of sp³-hybridized carbons (Fsp3) is 0.714. The van der Waals surface area contributed by atoms with Gasteiger partial charge in [0.1, 0.15) is 17.5 Å². The van der Waals surface area contributed by atoms with Crippen molar-refractivity contribution < 1.29 is 5.11 Å². The number of aromatic nitrogens is 2. The van der Waals surface area contributed by atoms with Crippen LogP contribution in [0.1, 0.15) is 51.4 Å². The summed E-state index contributed by atoms with van der Waals surface area (Å²) in [5, 5.41) is 13.0. The third-order valence-electron chi connectivity index (χ3n) is 3.74. The molecule has 108 valence electrons. The van der Waals surface area contributed by atoms with Crippen LogP contribution in [-0.2, 0) is 6.42 Å². The second-order valence-electron chi connectivity index (χ2n) is 5.02. The van der Waals surface area contributed by atoms with Crippen molar-refractivity contribution in [3.05, 3.63) is 11.4 Å². The summed E-state index contributed by atoms with van der Waals surface area (Å²) in [7, 11) is 0. The third kappa shape index (κ3) is 3.56. The maximum Gasteiger partial charge on any atom is 0.135 e. The maximum absolute atomic E-state index is 9.63. The molecule has 19 heavy (non-hydrogen) atoms. The van der Waals surface area contributed by atoms with Crippen molar-refractivity contribution in [2.75, 3.05) is 17.7 Å². The quantitative estimate of drug-likeness (QED) is 0.705. The van der Waals surface area contributed by atoms with Crippen LogP contribution < -0.4 is 11.1 Å². The fourth-order valence-electron chi connectivity index (χ4n) is 1.98. The zero-order valence-electron chi connectivity index (χ0n) is 12.5. The minimum atomic E-state index is -0.338. The lowest BCUT2D eigenvalue weighted by Gasteiger charge is -2.32. The standard InChI is InChI=1S/C14H26N4O/c1-5-8-11-16-12(15)10(4)13(17-11)18-14(6-2,7-3)9-19/h19H,5-9H2,1-4H3,(H3,15,16,17,18). The van der Waals surface area contributed by atoms with Crippen LogP contribution in [0.5, 0.6) is 0 Å². The number of rotatable bonds is 7. The van der Waals surface area contributed by atoms with E-state index in [0.29, 0.717) is 5.82 Å². The number of nitrogens with zero attached hydrogens (tertiary/aromatic N) is 2. The van der Waals surface area contributed by atoms with Crippen molar-refractivity contribution in [3.8, 4) is 0 Å². The molecule has 0 aromatic carbocycles. The van der Waals surface area contributed by atoms with Gasteiger partial charge in [-0.15, -0.1) is 0 Å². The lowest BCUT2D eigenvalue weighted by molar-refractivity contribution is 0.202. The predicted octanol–water partition coefficient (Wildman–Crippen LogP) is 2.28.